The largest absolute Gasteiger partial charge is 0.322 e. The molecule has 0 radical (unpaired) electrons. The van der Waals surface area contributed by atoms with Crippen LogP contribution in [0.15, 0.2) is 40.7 Å². The maximum absolute atomic E-state index is 13.4. The molecular weight excluding hydrogens is 396 g/mol. The number of thiophene rings is 2. The number of nitrogens with zero attached hydrogens (tertiary/aromatic N) is 1. The van der Waals surface area contributed by atoms with Crippen molar-refractivity contribution < 1.29 is 4.79 Å². The number of aliphatic imine (C=N–C) groups is 1. The Bertz CT molecular complexity index is 1010. The number of hydrogen-bond donors (Lipinski definition) is 1. The molecule has 0 saturated carbocycles. The van der Waals surface area contributed by atoms with Gasteiger partial charge in [-0.2, -0.15) is 0 Å². The maximum Gasteiger partial charge on any atom is 0.259 e. The summed E-state index contributed by atoms with van der Waals surface area (Å²) in [6, 6.07) is 10.2. The quantitative estimate of drug-likeness (QED) is 0.448. The van der Waals surface area contributed by atoms with Gasteiger partial charge in [0.2, 0.25) is 0 Å². The van der Waals surface area contributed by atoms with Gasteiger partial charge in [-0.25, -0.2) is 4.99 Å². The van der Waals surface area contributed by atoms with Crippen LogP contribution in [0.1, 0.15) is 62.5 Å². The fourth-order valence-electron chi connectivity index (χ4n) is 3.96. The van der Waals surface area contributed by atoms with Crippen molar-refractivity contribution in [1.29, 1.82) is 0 Å². The molecule has 0 saturated heterocycles. The molecule has 150 valence electrons. The zero-order valence-electron chi connectivity index (χ0n) is 17.0. The minimum atomic E-state index is -0.0357. The van der Waals surface area contributed by atoms with Gasteiger partial charge in [0.15, 0.2) is 0 Å². The average Bonchev–Trinajstić information content (AvgIpc) is 3.27. The van der Waals surface area contributed by atoms with Gasteiger partial charge in [-0.05, 0) is 79.8 Å². The van der Waals surface area contributed by atoms with Gasteiger partial charge in [0.1, 0.15) is 5.00 Å². The van der Waals surface area contributed by atoms with Crippen LogP contribution in [-0.2, 0) is 12.8 Å². The second-order valence-corrected chi connectivity index (χ2v) is 9.77. The van der Waals surface area contributed by atoms with Gasteiger partial charge in [-0.15, -0.1) is 22.7 Å². The molecule has 0 unspecified atom stereocenters. The molecule has 0 atom stereocenters. The number of nitrogens with one attached hydrogen (secondary N) is 1. The SMILES string of the molecule is Cc1cc(C)cc(NC(=O)c2c(N=Cc3cccs3)sc3c2CCCCCC3)c1. The first-order chi connectivity index (χ1) is 14.1. The molecule has 1 N–H and O–H groups in total. The van der Waals surface area contributed by atoms with E-state index in [-0.39, 0.29) is 5.91 Å². The van der Waals surface area contributed by atoms with E-state index < -0.39 is 0 Å². The van der Waals surface area contributed by atoms with E-state index in [2.05, 4.69) is 25.2 Å². The topological polar surface area (TPSA) is 41.5 Å². The molecule has 0 spiro atoms. The Hall–Kier alpha value is -2.24. The Morgan fingerprint density at radius 1 is 1.07 bits per heavy atom. The fraction of sp³-hybridized carbons (Fsp3) is 0.333. The standard InChI is InChI=1S/C24H26N2OS2/c1-16-12-17(2)14-18(13-16)26-23(27)22-20-9-5-3-4-6-10-21(20)29-24(22)25-15-19-8-7-11-28-19/h7-8,11-15H,3-6,9-10H2,1-2H3,(H,26,27). The number of carbonyl (C=O) groups is 1. The van der Waals surface area contributed by atoms with Crippen molar-refractivity contribution >= 4 is 45.5 Å². The Kier molecular flexibility index (Phi) is 6.26. The van der Waals surface area contributed by atoms with Crippen LogP contribution >= 0.6 is 22.7 Å². The number of amides is 1. The summed E-state index contributed by atoms with van der Waals surface area (Å²) in [6.07, 6.45) is 8.75. The molecule has 3 aromatic rings. The van der Waals surface area contributed by atoms with E-state index in [1.54, 1.807) is 22.7 Å². The zero-order valence-corrected chi connectivity index (χ0v) is 18.6. The van der Waals surface area contributed by atoms with Crippen molar-refractivity contribution in [1.82, 2.24) is 0 Å². The molecule has 0 aliphatic heterocycles. The summed E-state index contributed by atoms with van der Waals surface area (Å²) in [5, 5.41) is 6.03. The van der Waals surface area contributed by atoms with E-state index in [0.29, 0.717) is 0 Å². The van der Waals surface area contributed by atoms with E-state index in [9.17, 15) is 4.79 Å². The van der Waals surface area contributed by atoms with Gasteiger partial charge in [0.05, 0.1) is 5.56 Å². The summed E-state index contributed by atoms with van der Waals surface area (Å²) < 4.78 is 0. The van der Waals surface area contributed by atoms with Crippen molar-refractivity contribution in [2.24, 2.45) is 4.99 Å². The third-order valence-corrected chi connectivity index (χ3v) is 7.22. The molecule has 3 nitrogen and oxygen atoms in total. The van der Waals surface area contributed by atoms with E-state index in [1.165, 1.54) is 29.7 Å². The second-order valence-electron chi connectivity index (χ2n) is 7.70. The summed E-state index contributed by atoms with van der Waals surface area (Å²) in [7, 11) is 0. The highest BCUT2D eigenvalue weighted by Gasteiger charge is 2.24. The minimum Gasteiger partial charge on any atom is -0.322 e. The maximum atomic E-state index is 13.4. The van der Waals surface area contributed by atoms with Crippen molar-refractivity contribution in [2.45, 2.75) is 52.4 Å². The highest BCUT2D eigenvalue weighted by molar-refractivity contribution is 7.16. The van der Waals surface area contributed by atoms with E-state index in [0.717, 1.165) is 51.5 Å². The molecule has 1 amide bonds. The third-order valence-electron chi connectivity index (χ3n) is 5.21. The van der Waals surface area contributed by atoms with Gasteiger partial charge in [-0.1, -0.05) is 25.0 Å². The van der Waals surface area contributed by atoms with Crippen molar-refractivity contribution in [3.05, 3.63) is 67.7 Å². The minimum absolute atomic E-state index is 0.0357. The fourth-order valence-corrected chi connectivity index (χ4v) is 5.77. The highest BCUT2D eigenvalue weighted by atomic mass is 32.1. The predicted octanol–water partition coefficient (Wildman–Crippen LogP) is 7.09. The van der Waals surface area contributed by atoms with Crippen LogP contribution in [-0.4, -0.2) is 12.1 Å². The van der Waals surface area contributed by atoms with E-state index in [4.69, 9.17) is 4.99 Å². The number of fused-ring (bicyclic) bond motifs is 1. The van der Waals surface area contributed by atoms with Crippen LogP contribution in [0.4, 0.5) is 10.7 Å². The number of rotatable bonds is 4. The Labute approximate surface area is 180 Å². The first-order valence-electron chi connectivity index (χ1n) is 10.2. The first-order valence-corrected chi connectivity index (χ1v) is 11.9. The number of aryl methyl sites for hydroxylation is 3. The molecule has 1 aromatic carbocycles. The monoisotopic (exact) mass is 422 g/mol. The van der Waals surface area contributed by atoms with Gasteiger partial charge >= 0.3 is 0 Å². The summed E-state index contributed by atoms with van der Waals surface area (Å²) >= 11 is 3.36. The summed E-state index contributed by atoms with van der Waals surface area (Å²) in [5.41, 5.74) is 5.15. The van der Waals surface area contributed by atoms with Crippen molar-refractivity contribution in [3.8, 4) is 0 Å². The second kappa shape index (κ2) is 9.06. The normalized spacial score (nSPS) is 14.4. The van der Waals surface area contributed by atoms with Crippen molar-refractivity contribution in [2.75, 3.05) is 5.32 Å². The lowest BCUT2D eigenvalue weighted by Gasteiger charge is -2.12. The Morgan fingerprint density at radius 3 is 2.55 bits per heavy atom. The molecule has 1 aliphatic carbocycles. The molecule has 0 fully saturated rings. The smallest absolute Gasteiger partial charge is 0.259 e. The Morgan fingerprint density at radius 2 is 1.83 bits per heavy atom. The van der Waals surface area contributed by atoms with E-state index >= 15 is 0 Å². The van der Waals surface area contributed by atoms with E-state index in [1.807, 2.05) is 35.9 Å². The number of anilines is 1. The van der Waals surface area contributed by atoms with Crippen LogP contribution in [0.5, 0.6) is 0 Å². The summed E-state index contributed by atoms with van der Waals surface area (Å²) in [5.74, 6) is -0.0357. The van der Waals surface area contributed by atoms with Crippen LogP contribution in [0.3, 0.4) is 0 Å². The average molecular weight is 423 g/mol. The molecule has 0 bridgehead atoms. The lowest BCUT2D eigenvalue weighted by Crippen LogP contribution is -2.14. The lowest BCUT2D eigenvalue weighted by atomic mass is 9.96. The molecule has 2 heterocycles. The van der Waals surface area contributed by atoms with Gasteiger partial charge in [0.25, 0.3) is 5.91 Å². The molecule has 4 rings (SSSR count). The molecule has 2 aromatic heterocycles. The molecule has 5 heteroatoms. The Balaban J connectivity index is 1.71. The van der Waals surface area contributed by atoms with Crippen molar-refractivity contribution in [3.63, 3.8) is 0 Å². The molecule has 1 aliphatic rings. The third kappa shape index (κ3) is 4.85. The van der Waals surface area contributed by atoms with Crippen LogP contribution in [0, 0.1) is 13.8 Å². The van der Waals surface area contributed by atoms with Crippen LogP contribution < -0.4 is 5.32 Å². The van der Waals surface area contributed by atoms with Gasteiger partial charge in [-0.3, -0.25) is 4.79 Å². The highest BCUT2D eigenvalue weighted by Crippen LogP contribution is 2.39. The molecular formula is C24H26N2OS2. The first kappa shape index (κ1) is 20.0. The lowest BCUT2D eigenvalue weighted by molar-refractivity contribution is 0.102. The number of carbonyl (C=O) groups excluding carboxylic acids is 1. The van der Waals surface area contributed by atoms with Crippen LogP contribution in [0.2, 0.25) is 0 Å². The van der Waals surface area contributed by atoms with Gasteiger partial charge in [0, 0.05) is 21.7 Å². The van der Waals surface area contributed by atoms with Crippen LogP contribution in [0.25, 0.3) is 0 Å². The molecule has 29 heavy (non-hydrogen) atoms. The summed E-state index contributed by atoms with van der Waals surface area (Å²) in [6.45, 7) is 4.11. The zero-order chi connectivity index (χ0) is 20.2. The number of benzene rings is 1. The predicted molar refractivity (Wildman–Crippen MR) is 126 cm³/mol. The summed E-state index contributed by atoms with van der Waals surface area (Å²) in [4.78, 5) is 20.6. The van der Waals surface area contributed by atoms with Gasteiger partial charge < -0.3 is 5.32 Å². The number of hydrogen-bond acceptors (Lipinski definition) is 4.